The summed E-state index contributed by atoms with van der Waals surface area (Å²) >= 11 is 0. The highest BCUT2D eigenvalue weighted by molar-refractivity contribution is 5.31. The first-order chi connectivity index (χ1) is 5.39. The molecule has 0 aromatic rings. The standard InChI is InChI=1S/C11H12/c1-11-9-7-5-3-2-4-6-8-10-11/h3-10H,1-2H2/b5-3-,6-4-,9-7-,10-8?. The summed E-state index contributed by atoms with van der Waals surface area (Å²) in [4.78, 5) is 0. The minimum Gasteiger partial charge on any atom is -0.0918 e. The Hall–Kier alpha value is -1.30. The summed E-state index contributed by atoms with van der Waals surface area (Å²) in [5, 5.41) is 0. The largest absolute Gasteiger partial charge is 0.0918 e. The molecule has 0 aliphatic heterocycles. The van der Waals surface area contributed by atoms with Crippen LogP contribution in [0.2, 0.25) is 0 Å². The van der Waals surface area contributed by atoms with Crippen LogP contribution in [-0.4, -0.2) is 0 Å². The van der Waals surface area contributed by atoms with Crippen LogP contribution in [0.15, 0.2) is 60.8 Å². The maximum absolute atomic E-state index is 3.85. The van der Waals surface area contributed by atoms with Gasteiger partial charge in [0.1, 0.15) is 0 Å². The van der Waals surface area contributed by atoms with Gasteiger partial charge in [-0.1, -0.05) is 55.2 Å². The summed E-state index contributed by atoms with van der Waals surface area (Å²) in [6, 6.07) is 0. The molecule has 0 amide bonds. The van der Waals surface area contributed by atoms with Crippen molar-refractivity contribution < 1.29 is 0 Å². The zero-order valence-electron chi connectivity index (χ0n) is 6.53. The van der Waals surface area contributed by atoms with Crippen molar-refractivity contribution in [2.75, 3.05) is 0 Å². The lowest BCUT2D eigenvalue weighted by atomic mass is 10.2. The van der Waals surface area contributed by atoms with Crippen LogP contribution < -0.4 is 0 Å². The van der Waals surface area contributed by atoms with Crippen LogP contribution in [-0.2, 0) is 0 Å². The highest BCUT2D eigenvalue weighted by Gasteiger charge is 1.78. The first-order valence-electron chi connectivity index (χ1n) is 3.75. The van der Waals surface area contributed by atoms with Gasteiger partial charge in [0.25, 0.3) is 0 Å². The van der Waals surface area contributed by atoms with E-state index in [0.29, 0.717) is 0 Å². The predicted molar refractivity (Wildman–Crippen MR) is 50.3 cm³/mol. The average molecular weight is 144 g/mol. The number of hydrogen-bond donors (Lipinski definition) is 0. The highest BCUT2D eigenvalue weighted by atomic mass is 13.8. The van der Waals surface area contributed by atoms with Gasteiger partial charge < -0.3 is 0 Å². The van der Waals surface area contributed by atoms with Crippen LogP contribution >= 0.6 is 0 Å². The molecule has 0 fully saturated rings. The average Bonchev–Trinajstić information content (AvgIpc) is 2.03. The second-order valence-electron chi connectivity index (χ2n) is 2.39. The molecule has 0 bridgehead atoms. The Balaban J connectivity index is 2.69. The lowest BCUT2D eigenvalue weighted by Crippen LogP contribution is -1.67. The Morgan fingerprint density at radius 3 is 2.00 bits per heavy atom. The third-order valence-corrected chi connectivity index (χ3v) is 1.39. The molecule has 0 heterocycles. The van der Waals surface area contributed by atoms with Crippen molar-refractivity contribution >= 4 is 0 Å². The molecule has 56 valence electrons. The van der Waals surface area contributed by atoms with Gasteiger partial charge in [-0.25, -0.2) is 0 Å². The summed E-state index contributed by atoms with van der Waals surface area (Å²) < 4.78 is 0. The fourth-order valence-corrected chi connectivity index (χ4v) is 0.807. The van der Waals surface area contributed by atoms with E-state index < -0.39 is 0 Å². The van der Waals surface area contributed by atoms with Crippen LogP contribution in [0, 0.1) is 0 Å². The van der Waals surface area contributed by atoms with Gasteiger partial charge in [0.15, 0.2) is 0 Å². The normalized spacial score (nSPS) is 26.0. The molecule has 1 rings (SSSR count). The van der Waals surface area contributed by atoms with Crippen molar-refractivity contribution in [3.05, 3.63) is 60.8 Å². The SMILES string of the molecule is C=C1C=C/C=C\C/C=C\C=C/1. The van der Waals surface area contributed by atoms with Crippen molar-refractivity contribution in [2.24, 2.45) is 0 Å². The van der Waals surface area contributed by atoms with Crippen molar-refractivity contribution in [3.63, 3.8) is 0 Å². The molecule has 0 aromatic heterocycles. The molecular formula is C11H12. The van der Waals surface area contributed by atoms with Crippen molar-refractivity contribution in [2.45, 2.75) is 6.42 Å². The Morgan fingerprint density at radius 1 is 0.909 bits per heavy atom. The van der Waals surface area contributed by atoms with Gasteiger partial charge in [-0.05, 0) is 12.0 Å². The predicted octanol–water partition coefficient (Wildman–Crippen LogP) is 3.17. The maximum Gasteiger partial charge on any atom is -0.0163 e. The van der Waals surface area contributed by atoms with Gasteiger partial charge in [-0.2, -0.15) is 0 Å². The summed E-state index contributed by atoms with van der Waals surface area (Å²) in [6.07, 6.45) is 17.3. The Labute approximate surface area is 67.9 Å². The van der Waals surface area contributed by atoms with E-state index >= 15 is 0 Å². The van der Waals surface area contributed by atoms with Gasteiger partial charge in [0.2, 0.25) is 0 Å². The molecule has 1 aliphatic carbocycles. The number of hydrogen-bond acceptors (Lipinski definition) is 0. The minimum absolute atomic E-state index is 1.00. The van der Waals surface area contributed by atoms with E-state index in [2.05, 4.69) is 18.7 Å². The summed E-state index contributed by atoms with van der Waals surface area (Å²) in [6.45, 7) is 3.85. The molecule has 1 aliphatic rings. The van der Waals surface area contributed by atoms with Gasteiger partial charge in [-0.15, -0.1) is 0 Å². The van der Waals surface area contributed by atoms with Crippen LogP contribution in [0.3, 0.4) is 0 Å². The molecule has 0 spiro atoms. The van der Waals surface area contributed by atoms with Crippen molar-refractivity contribution in [1.29, 1.82) is 0 Å². The molecule has 0 aromatic carbocycles. The number of allylic oxidation sites excluding steroid dienone is 9. The monoisotopic (exact) mass is 144 g/mol. The molecule has 0 heteroatoms. The van der Waals surface area contributed by atoms with Gasteiger partial charge >= 0.3 is 0 Å². The second kappa shape index (κ2) is 4.51. The Kier molecular flexibility index (Phi) is 3.20. The van der Waals surface area contributed by atoms with Crippen LogP contribution in [0.4, 0.5) is 0 Å². The summed E-state index contributed by atoms with van der Waals surface area (Å²) in [7, 11) is 0. The zero-order valence-corrected chi connectivity index (χ0v) is 6.53. The first-order valence-corrected chi connectivity index (χ1v) is 3.75. The first kappa shape index (κ1) is 7.80. The van der Waals surface area contributed by atoms with E-state index in [1.54, 1.807) is 0 Å². The second-order valence-corrected chi connectivity index (χ2v) is 2.39. The summed E-state index contributed by atoms with van der Waals surface area (Å²) in [5.74, 6) is 0. The zero-order chi connectivity index (χ0) is 7.94. The maximum atomic E-state index is 3.85. The topological polar surface area (TPSA) is 0 Å². The van der Waals surface area contributed by atoms with E-state index in [4.69, 9.17) is 0 Å². The number of rotatable bonds is 0. The molecule has 0 saturated heterocycles. The fraction of sp³-hybridized carbons (Fsp3) is 0.0909. The minimum atomic E-state index is 1.00. The van der Waals surface area contributed by atoms with Gasteiger partial charge in [0, 0.05) is 0 Å². The highest BCUT2D eigenvalue weighted by Crippen LogP contribution is 1.98. The van der Waals surface area contributed by atoms with Crippen molar-refractivity contribution in [3.8, 4) is 0 Å². The third kappa shape index (κ3) is 3.41. The third-order valence-electron chi connectivity index (χ3n) is 1.39. The van der Waals surface area contributed by atoms with E-state index in [1.807, 2.05) is 36.5 Å². The van der Waals surface area contributed by atoms with Crippen LogP contribution in [0.25, 0.3) is 0 Å². The lowest BCUT2D eigenvalue weighted by Gasteiger charge is -1.88. The van der Waals surface area contributed by atoms with E-state index in [0.717, 1.165) is 12.0 Å². The molecule has 0 radical (unpaired) electrons. The molecule has 0 saturated carbocycles. The van der Waals surface area contributed by atoms with E-state index in [1.165, 1.54) is 0 Å². The smallest absolute Gasteiger partial charge is 0.0163 e. The van der Waals surface area contributed by atoms with Gasteiger partial charge in [-0.3, -0.25) is 0 Å². The molecule has 0 unspecified atom stereocenters. The molecule has 0 N–H and O–H groups in total. The quantitative estimate of drug-likeness (QED) is 0.490. The van der Waals surface area contributed by atoms with Crippen LogP contribution in [0.1, 0.15) is 6.42 Å². The lowest BCUT2D eigenvalue weighted by molar-refractivity contribution is 1.39. The Morgan fingerprint density at radius 2 is 1.45 bits per heavy atom. The summed E-state index contributed by atoms with van der Waals surface area (Å²) in [5.41, 5.74) is 1.03. The molecular weight excluding hydrogens is 132 g/mol. The molecule has 0 atom stereocenters. The van der Waals surface area contributed by atoms with Gasteiger partial charge in [0.05, 0.1) is 0 Å². The van der Waals surface area contributed by atoms with Crippen LogP contribution in [0.5, 0.6) is 0 Å². The van der Waals surface area contributed by atoms with E-state index in [9.17, 15) is 0 Å². The van der Waals surface area contributed by atoms with E-state index in [-0.39, 0.29) is 0 Å². The fourth-order valence-electron chi connectivity index (χ4n) is 0.807. The Bertz CT molecular complexity index is 213. The molecule has 11 heavy (non-hydrogen) atoms. The molecule has 0 nitrogen and oxygen atoms in total. The van der Waals surface area contributed by atoms with Crippen molar-refractivity contribution in [1.82, 2.24) is 0 Å².